The van der Waals surface area contributed by atoms with E-state index >= 15 is 0 Å². The summed E-state index contributed by atoms with van der Waals surface area (Å²) in [5, 5.41) is 6.78. The predicted octanol–water partition coefficient (Wildman–Crippen LogP) is 4.14. The highest BCUT2D eigenvalue weighted by molar-refractivity contribution is 9.10. The number of rotatable bonds is 6. The van der Waals surface area contributed by atoms with Crippen molar-refractivity contribution in [1.29, 1.82) is 0 Å². The molecule has 25 heavy (non-hydrogen) atoms. The van der Waals surface area contributed by atoms with E-state index in [4.69, 9.17) is 9.26 Å². The average Bonchev–Trinajstić information content (AvgIpc) is 3.04. The molecule has 1 aromatic carbocycles. The van der Waals surface area contributed by atoms with Gasteiger partial charge in [-0.15, -0.1) is 0 Å². The Bertz CT molecular complexity index is 723. The van der Waals surface area contributed by atoms with Crippen LogP contribution in [0.25, 0.3) is 0 Å². The number of nitrogens with zero attached hydrogens (tertiary/aromatic N) is 1. The second-order valence-corrected chi connectivity index (χ2v) is 7.61. The van der Waals surface area contributed by atoms with Gasteiger partial charge in [0.05, 0.1) is 0 Å². The molecule has 0 unspecified atom stereocenters. The first-order chi connectivity index (χ1) is 12.1. The van der Waals surface area contributed by atoms with Gasteiger partial charge in [0, 0.05) is 22.5 Å². The fraction of sp³-hybridized carbons (Fsp3) is 0.474. The van der Waals surface area contributed by atoms with Gasteiger partial charge in [-0.3, -0.25) is 4.79 Å². The maximum atomic E-state index is 12.2. The second kappa shape index (κ2) is 8.04. The highest BCUT2D eigenvalue weighted by Crippen LogP contribution is 2.39. The number of halogens is 1. The summed E-state index contributed by atoms with van der Waals surface area (Å²) in [7, 11) is 0. The van der Waals surface area contributed by atoms with Crippen molar-refractivity contribution >= 4 is 21.8 Å². The van der Waals surface area contributed by atoms with Crippen LogP contribution >= 0.6 is 15.9 Å². The monoisotopic (exact) mass is 406 g/mol. The number of hydrogen-bond acceptors (Lipinski definition) is 4. The van der Waals surface area contributed by atoms with Gasteiger partial charge < -0.3 is 14.6 Å². The smallest absolute Gasteiger partial charge is 0.258 e. The van der Waals surface area contributed by atoms with Crippen LogP contribution < -0.4 is 10.1 Å². The third-order valence-electron chi connectivity index (χ3n) is 4.83. The third-order valence-corrected chi connectivity index (χ3v) is 5.32. The van der Waals surface area contributed by atoms with Gasteiger partial charge in [-0.05, 0) is 42.6 Å². The Morgan fingerprint density at radius 2 is 2.12 bits per heavy atom. The van der Waals surface area contributed by atoms with Crippen LogP contribution in [-0.4, -0.2) is 24.2 Å². The molecular formula is C19H23BrN2O3. The molecule has 0 aliphatic heterocycles. The zero-order valence-corrected chi connectivity index (χ0v) is 16.0. The molecule has 0 radical (unpaired) electrons. The average molecular weight is 407 g/mol. The first-order valence-electron chi connectivity index (χ1n) is 8.66. The van der Waals surface area contributed by atoms with E-state index in [-0.39, 0.29) is 17.9 Å². The quantitative estimate of drug-likeness (QED) is 0.782. The SMILES string of the molecule is Cc1cc(OCC(=O)NCC2(c3cccc(Br)c3)CCCCC2)no1. The van der Waals surface area contributed by atoms with Gasteiger partial charge in [0.25, 0.3) is 11.8 Å². The van der Waals surface area contributed by atoms with Crippen molar-refractivity contribution in [3.63, 3.8) is 0 Å². The molecule has 1 heterocycles. The summed E-state index contributed by atoms with van der Waals surface area (Å²) in [4.78, 5) is 12.2. The minimum atomic E-state index is -0.138. The van der Waals surface area contributed by atoms with Crippen molar-refractivity contribution < 1.29 is 14.1 Å². The summed E-state index contributed by atoms with van der Waals surface area (Å²) >= 11 is 3.56. The number of benzene rings is 1. The van der Waals surface area contributed by atoms with Gasteiger partial charge in [-0.1, -0.05) is 47.3 Å². The lowest BCUT2D eigenvalue weighted by molar-refractivity contribution is -0.123. The van der Waals surface area contributed by atoms with E-state index < -0.39 is 0 Å². The number of ether oxygens (including phenoxy) is 1. The number of carbonyl (C=O) groups excluding carboxylic acids is 1. The molecule has 1 aliphatic rings. The summed E-state index contributed by atoms with van der Waals surface area (Å²) in [5.41, 5.74) is 1.29. The van der Waals surface area contributed by atoms with E-state index in [2.05, 4.69) is 44.6 Å². The van der Waals surface area contributed by atoms with E-state index in [1.807, 2.05) is 6.07 Å². The summed E-state index contributed by atoms with van der Waals surface area (Å²) in [6, 6.07) is 10.1. The summed E-state index contributed by atoms with van der Waals surface area (Å²) < 4.78 is 11.4. The van der Waals surface area contributed by atoms with Gasteiger partial charge in [0.15, 0.2) is 6.61 Å². The molecule has 1 saturated carbocycles. The molecule has 1 aliphatic carbocycles. The van der Waals surface area contributed by atoms with Crippen LogP contribution in [0.2, 0.25) is 0 Å². The summed E-state index contributed by atoms with van der Waals surface area (Å²) in [5.74, 6) is 0.860. The minimum absolute atomic E-state index is 0.00215. The molecule has 0 bridgehead atoms. The molecule has 0 spiro atoms. The largest absolute Gasteiger partial charge is 0.465 e. The van der Waals surface area contributed by atoms with Crippen LogP contribution in [0, 0.1) is 6.92 Å². The standard InChI is InChI=1S/C19H23BrN2O3/c1-14-10-18(22-25-14)24-12-17(23)21-13-19(8-3-2-4-9-19)15-6-5-7-16(20)11-15/h5-7,10-11H,2-4,8-9,12-13H2,1H3,(H,21,23). The molecule has 0 saturated heterocycles. The third kappa shape index (κ3) is 4.63. The van der Waals surface area contributed by atoms with Crippen LogP contribution in [0.4, 0.5) is 0 Å². The van der Waals surface area contributed by atoms with E-state index in [9.17, 15) is 4.79 Å². The molecule has 134 valence electrons. The zero-order chi connectivity index (χ0) is 17.7. The lowest BCUT2D eigenvalue weighted by atomic mass is 9.69. The van der Waals surface area contributed by atoms with Crippen LogP contribution in [0.1, 0.15) is 43.4 Å². The highest BCUT2D eigenvalue weighted by atomic mass is 79.9. The molecule has 2 aromatic rings. The summed E-state index contributed by atoms with van der Waals surface area (Å²) in [6.07, 6.45) is 5.83. The molecule has 6 heteroatoms. The van der Waals surface area contributed by atoms with E-state index in [1.165, 1.54) is 24.8 Å². The van der Waals surface area contributed by atoms with Crippen molar-refractivity contribution in [2.75, 3.05) is 13.2 Å². The number of aromatic nitrogens is 1. The minimum Gasteiger partial charge on any atom is -0.465 e. The second-order valence-electron chi connectivity index (χ2n) is 6.69. The molecule has 3 rings (SSSR count). The number of carbonyl (C=O) groups is 1. The maximum absolute atomic E-state index is 12.2. The number of amides is 1. The molecule has 5 nitrogen and oxygen atoms in total. The molecule has 1 amide bonds. The normalized spacial score (nSPS) is 16.4. The molecule has 0 atom stereocenters. The Hall–Kier alpha value is -1.82. The van der Waals surface area contributed by atoms with Crippen molar-refractivity contribution in [2.45, 2.75) is 44.4 Å². The highest BCUT2D eigenvalue weighted by Gasteiger charge is 2.34. The Morgan fingerprint density at radius 3 is 2.80 bits per heavy atom. The lowest BCUT2D eigenvalue weighted by Crippen LogP contribution is -2.43. The van der Waals surface area contributed by atoms with E-state index in [0.29, 0.717) is 18.2 Å². The van der Waals surface area contributed by atoms with Gasteiger partial charge in [0.2, 0.25) is 0 Å². The molecule has 1 N–H and O–H groups in total. The van der Waals surface area contributed by atoms with Gasteiger partial charge in [0.1, 0.15) is 5.76 Å². The molecule has 1 aromatic heterocycles. The zero-order valence-electron chi connectivity index (χ0n) is 14.4. The lowest BCUT2D eigenvalue weighted by Gasteiger charge is -2.38. The fourth-order valence-electron chi connectivity index (χ4n) is 3.48. The molecular weight excluding hydrogens is 384 g/mol. The fourth-order valence-corrected chi connectivity index (χ4v) is 3.88. The molecule has 1 fully saturated rings. The van der Waals surface area contributed by atoms with Crippen molar-refractivity contribution in [3.05, 3.63) is 46.1 Å². The Balaban J connectivity index is 1.61. The number of nitrogens with one attached hydrogen (secondary N) is 1. The van der Waals surface area contributed by atoms with Crippen LogP contribution in [0.3, 0.4) is 0 Å². The van der Waals surface area contributed by atoms with E-state index in [0.717, 1.165) is 17.3 Å². The summed E-state index contributed by atoms with van der Waals surface area (Å²) in [6.45, 7) is 2.36. The van der Waals surface area contributed by atoms with Gasteiger partial charge in [-0.2, -0.15) is 0 Å². The van der Waals surface area contributed by atoms with E-state index in [1.54, 1.807) is 13.0 Å². The van der Waals surface area contributed by atoms with Gasteiger partial charge >= 0.3 is 0 Å². The van der Waals surface area contributed by atoms with Crippen molar-refractivity contribution in [1.82, 2.24) is 10.5 Å². The van der Waals surface area contributed by atoms with Crippen molar-refractivity contribution in [2.24, 2.45) is 0 Å². The number of hydrogen-bond donors (Lipinski definition) is 1. The van der Waals surface area contributed by atoms with Crippen LogP contribution in [-0.2, 0) is 10.2 Å². The first kappa shape index (κ1) is 18.0. The van der Waals surface area contributed by atoms with Crippen molar-refractivity contribution in [3.8, 4) is 5.88 Å². The number of aryl methyl sites for hydroxylation is 1. The Labute approximate surface area is 156 Å². The maximum Gasteiger partial charge on any atom is 0.258 e. The Kier molecular flexibility index (Phi) is 5.78. The van der Waals surface area contributed by atoms with Crippen LogP contribution in [0.15, 0.2) is 39.3 Å². The Morgan fingerprint density at radius 1 is 1.32 bits per heavy atom. The predicted molar refractivity (Wildman–Crippen MR) is 98.6 cm³/mol. The first-order valence-corrected chi connectivity index (χ1v) is 9.46. The van der Waals surface area contributed by atoms with Gasteiger partial charge in [-0.25, -0.2) is 0 Å². The van der Waals surface area contributed by atoms with Crippen LogP contribution in [0.5, 0.6) is 5.88 Å². The topological polar surface area (TPSA) is 64.4 Å².